The fourth-order valence-corrected chi connectivity index (χ4v) is 4.20. The lowest BCUT2D eigenvalue weighted by molar-refractivity contribution is -0.134. The van der Waals surface area contributed by atoms with Crippen LogP contribution < -0.4 is 4.74 Å². The van der Waals surface area contributed by atoms with Crippen LogP contribution in [0.25, 0.3) is 0 Å². The molecule has 2 aliphatic heterocycles. The largest absolute Gasteiger partial charge is 0.497 e. The first-order valence-corrected chi connectivity index (χ1v) is 10.6. The Kier molecular flexibility index (Phi) is 6.37. The van der Waals surface area contributed by atoms with E-state index in [0.717, 1.165) is 48.8 Å². The molecule has 158 valence electrons. The predicted octanol–water partition coefficient (Wildman–Crippen LogP) is 3.27. The van der Waals surface area contributed by atoms with Gasteiger partial charge in [-0.15, -0.1) is 0 Å². The minimum Gasteiger partial charge on any atom is -0.497 e. The molecule has 0 saturated carbocycles. The minimum atomic E-state index is -0.151. The van der Waals surface area contributed by atoms with Gasteiger partial charge in [0.15, 0.2) is 0 Å². The van der Waals surface area contributed by atoms with Crippen molar-refractivity contribution in [2.24, 2.45) is 5.10 Å². The number of carbonyl (C=O) groups is 1. The molecule has 2 heterocycles. The first-order valence-electron chi connectivity index (χ1n) is 10.2. The summed E-state index contributed by atoms with van der Waals surface area (Å²) >= 11 is 6.42. The Morgan fingerprint density at radius 3 is 2.47 bits per heavy atom. The van der Waals surface area contributed by atoms with Gasteiger partial charge >= 0.3 is 0 Å². The van der Waals surface area contributed by atoms with Gasteiger partial charge in [-0.1, -0.05) is 41.9 Å². The summed E-state index contributed by atoms with van der Waals surface area (Å²) in [5.74, 6) is 0.807. The van der Waals surface area contributed by atoms with Crippen LogP contribution in [0.15, 0.2) is 53.6 Å². The molecule has 0 aliphatic carbocycles. The van der Waals surface area contributed by atoms with E-state index in [1.807, 2.05) is 48.5 Å². The van der Waals surface area contributed by atoms with Gasteiger partial charge in [0.2, 0.25) is 0 Å². The molecule has 1 fully saturated rings. The number of benzene rings is 2. The fourth-order valence-electron chi connectivity index (χ4n) is 3.95. The van der Waals surface area contributed by atoms with Gasteiger partial charge in [-0.25, -0.2) is 5.01 Å². The number of hydrogen-bond acceptors (Lipinski definition) is 5. The summed E-state index contributed by atoms with van der Waals surface area (Å²) in [6.45, 7) is 4.11. The lowest BCUT2D eigenvalue weighted by Crippen LogP contribution is -2.48. The molecule has 6 nitrogen and oxygen atoms in total. The molecule has 0 spiro atoms. The highest BCUT2D eigenvalue weighted by atomic mass is 35.5. The summed E-state index contributed by atoms with van der Waals surface area (Å²) in [4.78, 5) is 17.8. The first-order chi connectivity index (χ1) is 14.5. The molecule has 1 atom stereocenters. The van der Waals surface area contributed by atoms with Crippen LogP contribution in [-0.2, 0) is 4.79 Å². The summed E-state index contributed by atoms with van der Waals surface area (Å²) in [5, 5.41) is 7.05. The van der Waals surface area contributed by atoms with Crippen molar-refractivity contribution >= 4 is 23.2 Å². The molecular formula is C23H27ClN4O2. The number of rotatable bonds is 5. The third-order valence-corrected chi connectivity index (χ3v) is 6.14. The Morgan fingerprint density at radius 2 is 1.80 bits per heavy atom. The van der Waals surface area contributed by atoms with Crippen molar-refractivity contribution in [2.45, 2.75) is 12.5 Å². The zero-order valence-corrected chi connectivity index (χ0v) is 18.2. The maximum atomic E-state index is 13.3. The Labute approximate surface area is 182 Å². The van der Waals surface area contributed by atoms with Gasteiger partial charge in [-0.2, -0.15) is 5.10 Å². The van der Waals surface area contributed by atoms with Crippen LogP contribution in [0.1, 0.15) is 23.6 Å². The number of likely N-dealkylation sites (N-methyl/N-ethyl adjacent to an activating group) is 1. The minimum absolute atomic E-state index is 0.0161. The molecule has 0 radical (unpaired) electrons. The second-order valence-electron chi connectivity index (χ2n) is 7.84. The van der Waals surface area contributed by atoms with Crippen LogP contribution in [0.3, 0.4) is 0 Å². The third-order valence-electron chi connectivity index (χ3n) is 5.81. The molecule has 1 amide bonds. The van der Waals surface area contributed by atoms with Crippen molar-refractivity contribution in [3.05, 3.63) is 64.7 Å². The van der Waals surface area contributed by atoms with Gasteiger partial charge in [0.05, 0.1) is 25.4 Å². The third kappa shape index (κ3) is 4.51. The summed E-state index contributed by atoms with van der Waals surface area (Å²) in [6, 6.07) is 15.4. The van der Waals surface area contributed by atoms with Crippen molar-refractivity contribution in [2.75, 3.05) is 46.9 Å². The summed E-state index contributed by atoms with van der Waals surface area (Å²) < 4.78 is 5.28. The number of amides is 1. The van der Waals surface area contributed by atoms with E-state index in [0.29, 0.717) is 18.0 Å². The van der Waals surface area contributed by atoms with E-state index in [-0.39, 0.29) is 11.9 Å². The van der Waals surface area contributed by atoms with Crippen LogP contribution >= 0.6 is 11.6 Å². The van der Waals surface area contributed by atoms with Crippen LogP contribution in [0.2, 0.25) is 5.02 Å². The Bertz CT molecular complexity index is 923. The standard InChI is InChI=1S/C23H27ClN4O2/c1-26-11-13-27(14-12-26)16-23(29)28-22(17-7-9-18(30-2)10-8-17)15-21(25-28)19-5-3-4-6-20(19)24/h3-10,22H,11-16H2,1-2H3. The molecule has 7 heteroatoms. The number of halogens is 1. The van der Waals surface area contributed by atoms with E-state index in [1.165, 1.54) is 0 Å². The fraction of sp³-hybridized carbons (Fsp3) is 0.391. The van der Waals surface area contributed by atoms with Gasteiger partial charge in [-0.3, -0.25) is 9.69 Å². The SMILES string of the molecule is COc1ccc(C2CC(c3ccccc3Cl)=NN2C(=O)CN2CCN(C)CC2)cc1. The second-order valence-corrected chi connectivity index (χ2v) is 8.24. The van der Waals surface area contributed by atoms with E-state index >= 15 is 0 Å². The molecule has 1 saturated heterocycles. The molecule has 1 unspecified atom stereocenters. The zero-order valence-electron chi connectivity index (χ0n) is 17.4. The van der Waals surface area contributed by atoms with Crippen molar-refractivity contribution < 1.29 is 9.53 Å². The molecule has 0 bridgehead atoms. The van der Waals surface area contributed by atoms with Crippen LogP contribution in [0.4, 0.5) is 0 Å². The monoisotopic (exact) mass is 426 g/mol. The number of hydrogen-bond donors (Lipinski definition) is 0. The van der Waals surface area contributed by atoms with Gasteiger partial charge in [0.25, 0.3) is 5.91 Å². The normalized spacial score (nSPS) is 20.3. The average Bonchev–Trinajstić information content (AvgIpc) is 3.21. The van der Waals surface area contributed by atoms with Gasteiger partial charge in [0.1, 0.15) is 5.75 Å². The Morgan fingerprint density at radius 1 is 1.10 bits per heavy atom. The number of hydrazone groups is 1. The molecule has 0 aromatic heterocycles. The van der Waals surface area contributed by atoms with E-state index in [4.69, 9.17) is 21.4 Å². The lowest BCUT2D eigenvalue weighted by Gasteiger charge is -2.33. The smallest absolute Gasteiger partial charge is 0.257 e. The quantitative estimate of drug-likeness (QED) is 0.736. The first kappa shape index (κ1) is 20.8. The maximum Gasteiger partial charge on any atom is 0.257 e. The predicted molar refractivity (Wildman–Crippen MR) is 119 cm³/mol. The molecular weight excluding hydrogens is 400 g/mol. The molecule has 2 aliphatic rings. The Hall–Kier alpha value is -2.41. The van der Waals surface area contributed by atoms with E-state index < -0.39 is 0 Å². The highest BCUT2D eigenvalue weighted by molar-refractivity contribution is 6.34. The average molecular weight is 427 g/mol. The summed E-state index contributed by atoms with van der Waals surface area (Å²) in [5.41, 5.74) is 2.76. The Balaban J connectivity index is 1.59. The van der Waals surface area contributed by atoms with E-state index in [1.54, 1.807) is 12.1 Å². The molecule has 0 N–H and O–H groups in total. The number of piperazine rings is 1. The summed E-state index contributed by atoms with van der Waals surface area (Å²) in [6.07, 6.45) is 0.630. The van der Waals surface area contributed by atoms with Crippen molar-refractivity contribution in [3.8, 4) is 5.75 Å². The molecule has 30 heavy (non-hydrogen) atoms. The van der Waals surface area contributed by atoms with E-state index in [2.05, 4.69) is 16.8 Å². The number of carbonyl (C=O) groups excluding carboxylic acids is 1. The lowest BCUT2D eigenvalue weighted by atomic mass is 9.98. The van der Waals surface area contributed by atoms with Crippen LogP contribution in [0.5, 0.6) is 5.75 Å². The molecule has 2 aromatic carbocycles. The number of ether oxygens (including phenoxy) is 1. The van der Waals surface area contributed by atoms with Crippen molar-refractivity contribution in [1.82, 2.24) is 14.8 Å². The van der Waals surface area contributed by atoms with E-state index in [9.17, 15) is 4.79 Å². The highest BCUT2D eigenvalue weighted by Crippen LogP contribution is 2.35. The highest BCUT2D eigenvalue weighted by Gasteiger charge is 2.34. The topological polar surface area (TPSA) is 48.4 Å². The zero-order chi connectivity index (χ0) is 21.1. The number of methoxy groups -OCH3 is 1. The maximum absolute atomic E-state index is 13.3. The van der Waals surface area contributed by atoms with Gasteiger partial charge < -0.3 is 9.64 Å². The van der Waals surface area contributed by atoms with Crippen molar-refractivity contribution in [3.63, 3.8) is 0 Å². The number of nitrogens with zero attached hydrogens (tertiary/aromatic N) is 4. The van der Waals surface area contributed by atoms with Gasteiger partial charge in [0, 0.05) is 43.2 Å². The van der Waals surface area contributed by atoms with Gasteiger partial charge in [-0.05, 0) is 30.8 Å². The van der Waals surface area contributed by atoms with Crippen LogP contribution in [0, 0.1) is 0 Å². The second kappa shape index (κ2) is 9.16. The molecule has 4 rings (SSSR count). The van der Waals surface area contributed by atoms with Crippen molar-refractivity contribution in [1.29, 1.82) is 0 Å². The summed E-state index contributed by atoms with van der Waals surface area (Å²) in [7, 11) is 3.76. The van der Waals surface area contributed by atoms with Crippen LogP contribution in [-0.4, -0.2) is 73.3 Å². The molecule has 2 aromatic rings.